The minimum absolute atomic E-state index is 0.591. The molecule has 0 amide bonds. The summed E-state index contributed by atoms with van der Waals surface area (Å²) in [5.41, 5.74) is 5.02. The summed E-state index contributed by atoms with van der Waals surface area (Å²) in [6, 6.07) is 1.94. The second kappa shape index (κ2) is 5.03. The van der Waals surface area contributed by atoms with Gasteiger partial charge in [-0.15, -0.1) is 0 Å². The van der Waals surface area contributed by atoms with Gasteiger partial charge in [0.2, 0.25) is 0 Å². The molecule has 88 valence electrons. The summed E-state index contributed by atoms with van der Waals surface area (Å²) in [5.74, 6) is 1.60. The van der Waals surface area contributed by atoms with Crippen LogP contribution in [-0.2, 0) is 11.4 Å². The molecule has 1 aliphatic rings. The van der Waals surface area contributed by atoms with Crippen LogP contribution in [0.25, 0.3) is 0 Å². The molecular weight excluding hydrogens is 274 g/mol. The molecule has 0 saturated carbocycles. The number of benzene rings is 1. The number of hydrogen-bond donors (Lipinski definition) is 1. The van der Waals surface area contributed by atoms with Crippen LogP contribution in [0.1, 0.15) is 11.1 Å². The fourth-order valence-electron chi connectivity index (χ4n) is 1.67. The maximum absolute atomic E-state index is 5.65. The Balaban J connectivity index is 2.41. The first-order valence-electron chi connectivity index (χ1n) is 5.07. The third-order valence-corrected chi connectivity index (χ3v) is 3.37. The lowest BCUT2D eigenvalue weighted by Gasteiger charge is -2.23. The molecule has 0 saturated heterocycles. The van der Waals surface area contributed by atoms with Crippen molar-refractivity contribution in [3.63, 3.8) is 0 Å². The van der Waals surface area contributed by atoms with Gasteiger partial charge in [0, 0.05) is 10.0 Å². The van der Waals surface area contributed by atoms with Gasteiger partial charge in [-0.1, -0.05) is 15.9 Å². The number of nitrogens with one attached hydrogen (secondary N) is 1. The fourth-order valence-corrected chi connectivity index (χ4v) is 2.12. The average Bonchev–Trinajstić information content (AvgIpc) is 2.30. The summed E-state index contributed by atoms with van der Waals surface area (Å²) < 4.78 is 12.2. The number of hydroxylamine groups is 1. The smallest absolute Gasteiger partial charge is 0.166 e. The monoisotopic (exact) mass is 287 g/mol. The van der Waals surface area contributed by atoms with Crippen LogP contribution in [-0.4, -0.2) is 20.3 Å². The summed E-state index contributed by atoms with van der Waals surface area (Å²) in [5, 5.41) is 0. The van der Waals surface area contributed by atoms with Crippen molar-refractivity contribution in [3.05, 3.63) is 21.7 Å². The zero-order valence-electron chi connectivity index (χ0n) is 9.30. The van der Waals surface area contributed by atoms with Crippen molar-refractivity contribution in [1.82, 2.24) is 5.48 Å². The number of fused-ring (bicyclic) bond motifs is 1. The Labute approximate surface area is 103 Å². The third-order valence-electron chi connectivity index (χ3n) is 2.55. The van der Waals surface area contributed by atoms with Gasteiger partial charge in [-0.3, -0.25) is 0 Å². The molecule has 0 unspecified atom stereocenters. The Morgan fingerprint density at radius 2 is 2.19 bits per heavy atom. The molecule has 0 radical (unpaired) electrons. The molecule has 0 aliphatic carbocycles. The maximum Gasteiger partial charge on any atom is 0.166 e. The van der Waals surface area contributed by atoms with E-state index in [1.54, 1.807) is 7.11 Å². The van der Waals surface area contributed by atoms with Crippen LogP contribution in [0, 0.1) is 6.92 Å². The van der Waals surface area contributed by atoms with E-state index >= 15 is 0 Å². The standard InChI is InChI=1S/C11H14BrNO3/c1-7-8(6-13-14-2)11-10(5-9(7)12)15-3-4-16-11/h5,13H,3-4,6H2,1-2H3. The van der Waals surface area contributed by atoms with Gasteiger partial charge >= 0.3 is 0 Å². The van der Waals surface area contributed by atoms with Crippen molar-refractivity contribution in [2.24, 2.45) is 0 Å². The Bertz CT molecular complexity index is 395. The quantitative estimate of drug-likeness (QED) is 0.865. The second-order valence-electron chi connectivity index (χ2n) is 3.51. The van der Waals surface area contributed by atoms with Gasteiger partial charge in [0.1, 0.15) is 13.2 Å². The summed E-state index contributed by atoms with van der Waals surface area (Å²) >= 11 is 3.51. The molecule has 2 rings (SSSR count). The third kappa shape index (κ3) is 2.16. The van der Waals surface area contributed by atoms with Crippen molar-refractivity contribution in [2.45, 2.75) is 13.5 Å². The van der Waals surface area contributed by atoms with Gasteiger partial charge in [0.25, 0.3) is 0 Å². The fraction of sp³-hybridized carbons (Fsp3) is 0.455. The first-order valence-corrected chi connectivity index (χ1v) is 5.86. The molecule has 0 atom stereocenters. The highest BCUT2D eigenvalue weighted by Crippen LogP contribution is 2.39. The van der Waals surface area contributed by atoms with E-state index in [-0.39, 0.29) is 0 Å². The molecule has 16 heavy (non-hydrogen) atoms. The minimum Gasteiger partial charge on any atom is -0.486 e. The van der Waals surface area contributed by atoms with Crippen LogP contribution in [0.3, 0.4) is 0 Å². The van der Waals surface area contributed by atoms with Gasteiger partial charge in [-0.25, -0.2) is 0 Å². The van der Waals surface area contributed by atoms with E-state index in [2.05, 4.69) is 21.4 Å². The van der Waals surface area contributed by atoms with E-state index in [1.807, 2.05) is 13.0 Å². The number of ether oxygens (including phenoxy) is 2. The van der Waals surface area contributed by atoms with E-state index in [9.17, 15) is 0 Å². The number of hydrogen-bond acceptors (Lipinski definition) is 4. The lowest BCUT2D eigenvalue weighted by Crippen LogP contribution is -2.20. The molecule has 0 spiro atoms. The molecule has 1 aromatic rings. The van der Waals surface area contributed by atoms with Crippen molar-refractivity contribution in [1.29, 1.82) is 0 Å². The lowest BCUT2D eigenvalue weighted by molar-refractivity contribution is 0.0847. The molecule has 1 heterocycles. The van der Waals surface area contributed by atoms with Crippen molar-refractivity contribution in [2.75, 3.05) is 20.3 Å². The summed E-state index contributed by atoms with van der Waals surface area (Å²) in [6.07, 6.45) is 0. The van der Waals surface area contributed by atoms with Crippen molar-refractivity contribution in [3.8, 4) is 11.5 Å². The zero-order valence-corrected chi connectivity index (χ0v) is 10.9. The molecule has 0 aromatic heterocycles. The predicted octanol–water partition coefficient (Wildman–Crippen LogP) is 2.18. The summed E-state index contributed by atoms with van der Waals surface area (Å²) in [6.45, 7) is 3.82. The van der Waals surface area contributed by atoms with Crippen molar-refractivity contribution >= 4 is 15.9 Å². The van der Waals surface area contributed by atoms with Crippen LogP contribution in [0.2, 0.25) is 0 Å². The van der Waals surface area contributed by atoms with E-state index in [1.165, 1.54) is 0 Å². The first kappa shape index (κ1) is 11.7. The van der Waals surface area contributed by atoms with Crippen LogP contribution in [0.4, 0.5) is 0 Å². The molecule has 1 aliphatic heterocycles. The summed E-state index contributed by atoms with van der Waals surface area (Å²) in [4.78, 5) is 4.87. The SMILES string of the molecule is CONCc1c(C)c(Br)cc2c1OCCO2. The minimum atomic E-state index is 0.591. The van der Waals surface area contributed by atoms with E-state index in [0.29, 0.717) is 19.8 Å². The molecule has 4 nitrogen and oxygen atoms in total. The van der Waals surface area contributed by atoms with E-state index in [4.69, 9.17) is 14.3 Å². The highest BCUT2D eigenvalue weighted by Gasteiger charge is 2.19. The Hall–Kier alpha value is -0.780. The Morgan fingerprint density at radius 3 is 2.94 bits per heavy atom. The molecule has 0 bridgehead atoms. The van der Waals surface area contributed by atoms with Crippen LogP contribution < -0.4 is 15.0 Å². The maximum atomic E-state index is 5.65. The first-order chi connectivity index (χ1) is 7.74. The van der Waals surface area contributed by atoms with Crippen molar-refractivity contribution < 1.29 is 14.3 Å². The highest BCUT2D eigenvalue weighted by atomic mass is 79.9. The molecule has 5 heteroatoms. The Morgan fingerprint density at radius 1 is 1.44 bits per heavy atom. The second-order valence-corrected chi connectivity index (χ2v) is 4.37. The molecule has 1 aromatic carbocycles. The largest absolute Gasteiger partial charge is 0.486 e. The molecule has 0 fully saturated rings. The Kier molecular flexibility index (Phi) is 3.68. The van der Waals surface area contributed by atoms with Gasteiger partial charge in [-0.2, -0.15) is 5.48 Å². The van der Waals surface area contributed by atoms with Gasteiger partial charge in [0.05, 0.1) is 13.7 Å². The zero-order chi connectivity index (χ0) is 11.5. The van der Waals surface area contributed by atoms with Crippen LogP contribution in [0.5, 0.6) is 11.5 Å². The molecule has 1 N–H and O–H groups in total. The topological polar surface area (TPSA) is 39.7 Å². The normalized spacial score (nSPS) is 13.9. The highest BCUT2D eigenvalue weighted by molar-refractivity contribution is 9.10. The summed E-state index contributed by atoms with van der Waals surface area (Å²) in [7, 11) is 1.59. The van der Waals surface area contributed by atoms with Gasteiger partial charge in [-0.05, 0) is 18.6 Å². The number of rotatable bonds is 3. The van der Waals surface area contributed by atoms with E-state index < -0.39 is 0 Å². The molecular formula is C11H14BrNO3. The van der Waals surface area contributed by atoms with Gasteiger partial charge in [0.15, 0.2) is 11.5 Å². The van der Waals surface area contributed by atoms with E-state index in [0.717, 1.165) is 27.1 Å². The lowest BCUT2D eigenvalue weighted by atomic mass is 10.1. The predicted molar refractivity (Wildman–Crippen MR) is 63.7 cm³/mol. The van der Waals surface area contributed by atoms with Crippen LogP contribution in [0.15, 0.2) is 10.5 Å². The van der Waals surface area contributed by atoms with Gasteiger partial charge < -0.3 is 14.3 Å². The van der Waals surface area contributed by atoms with Crippen LogP contribution >= 0.6 is 15.9 Å². The average molecular weight is 288 g/mol. The number of halogens is 1.